The van der Waals surface area contributed by atoms with E-state index in [4.69, 9.17) is 4.74 Å². The molecule has 5 heteroatoms. The van der Waals surface area contributed by atoms with E-state index in [0.29, 0.717) is 18.0 Å². The van der Waals surface area contributed by atoms with E-state index in [0.717, 1.165) is 19.6 Å². The van der Waals surface area contributed by atoms with Crippen molar-refractivity contribution in [3.05, 3.63) is 30.1 Å². The summed E-state index contributed by atoms with van der Waals surface area (Å²) in [7, 11) is 0. The third-order valence-corrected chi connectivity index (χ3v) is 6.43. The van der Waals surface area contributed by atoms with E-state index in [-0.39, 0.29) is 0 Å². The highest BCUT2D eigenvalue weighted by Gasteiger charge is 2.30. The van der Waals surface area contributed by atoms with Crippen molar-refractivity contribution in [3.63, 3.8) is 0 Å². The first kappa shape index (κ1) is 14.7. The molecule has 0 radical (unpaired) electrons. The molecule has 2 fully saturated rings. The molecule has 0 bridgehead atoms. The molecule has 0 amide bonds. The van der Waals surface area contributed by atoms with E-state index in [1.54, 1.807) is 0 Å². The number of pyridine rings is 1. The van der Waals surface area contributed by atoms with Gasteiger partial charge in [-0.3, -0.25) is 4.98 Å². The van der Waals surface area contributed by atoms with Crippen molar-refractivity contribution < 1.29 is 4.74 Å². The second-order valence-electron chi connectivity index (χ2n) is 5.48. The Hall–Kier alpha value is -0.230. The first-order chi connectivity index (χ1) is 9.92. The molecule has 0 unspecified atom stereocenters. The number of hydrogen-bond acceptors (Lipinski definition) is 5. The van der Waals surface area contributed by atoms with Crippen LogP contribution in [0.25, 0.3) is 0 Å². The van der Waals surface area contributed by atoms with Crippen LogP contribution in [-0.2, 0) is 11.2 Å². The third-order valence-electron chi connectivity index (χ3n) is 3.91. The van der Waals surface area contributed by atoms with Gasteiger partial charge in [0.25, 0.3) is 0 Å². The highest BCUT2D eigenvalue weighted by Crippen LogP contribution is 2.22. The Balaban J connectivity index is 1.55. The van der Waals surface area contributed by atoms with Gasteiger partial charge < -0.3 is 10.1 Å². The minimum Gasteiger partial charge on any atom is -0.379 e. The Labute approximate surface area is 129 Å². The van der Waals surface area contributed by atoms with Gasteiger partial charge in [-0.05, 0) is 24.1 Å². The Morgan fingerprint density at radius 2 is 1.90 bits per heavy atom. The Bertz CT molecular complexity index is 396. The monoisotopic (exact) mass is 310 g/mol. The van der Waals surface area contributed by atoms with Crippen LogP contribution in [0.5, 0.6) is 0 Å². The normalized spacial score (nSPS) is 28.4. The summed E-state index contributed by atoms with van der Waals surface area (Å²) < 4.78 is 5.72. The SMILES string of the molecule is c1cc(C[C@@H]2COC[C@@H]2NC2CSCCSC2)ccn1. The summed E-state index contributed by atoms with van der Waals surface area (Å²) in [5.41, 5.74) is 1.37. The topological polar surface area (TPSA) is 34.1 Å². The number of nitrogens with one attached hydrogen (secondary N) is 1. The fourth-order valence-electron chi connectivity index (χ4n) is 2.82. The van der Waals surface area contributed by atoms with Gasteiger partial charge in [0.1, 0.15) is 0 Å². The summed E-state index contributed by atoms with van der Waals surface area (Å²) >= 11 is 4.16. The lowest BCUT2D eigenvalue weighted by Gasteiger charge is -2.24. The highest BCUT2D eigenvalue weighted by molar-refractivity contribution is 8.03. The zero-order valence-electron chi connectivity index (χ0n) is 11.7. The molecule has 0 aromatic carbocycles. The van der Waals surface area contributed by atoms with Crippen LogP contribution in [0, 0.1) is 5.92 Å². The van der Waals surface area contributed by atoms with E-state index in [1.165, 1.54) is 28.6 Å². The van der Waals surface area contributed by atoms with Crippen LogP contribution in [0.2, 0.25) is 0 Å². The van der Waals surface area contributed by atoms with Crippen LogP contribution >= 0.6 is 23.5 Å². The van der Waals surface area contributed by atoms with Gasteiger partial charge in [0.05, 0.1) is 13.2 Å². The average Bonchev–Trinajstić information content (AvgIpc) is 2.74. The lowest BCUT2D eigenvalue weighted by molar-refractivity contribution is 0.182. The van der Waals surface area contributed by atoms with Gasteiger partial charge in [-0.25, -0.2) is 0 Å². The van der Waals surface area contributed by atoms with Crippen LogP contribution in [0.1, 0.15) is 5.56 Å². The lowest BCUT2D eigenvalue weighted by Crippen LogP contribution is -2.45. The second-order valence-corrected chi connectivity index (χ2v) is 7.78. The molecule has 0 saturated carbocycles. The molecule has 3 rings (SSSR count). The molecule has 0 spiro atoms. The number of hydrogen-bond donors (Lipinski definition) is 1. The predicted molar refractivity (Wildman–Crippen MR) is 87.6 cm³/mol. The molecule has 1 aromatic rings. The summed E-state index contributed by atoms with van der Waals surface area (Å²) in [6.45, 7) is 1.74. The van der Waals surface area contributed by atoms with Gasteiger partial charge in [0.2, 0.25) is 0 Å². The second kappa shape index (κ2) is 7.69. The highest BCUT2D eigenvalue weighted by atomic mass is 32.2. The number of aromatic nitrogens is 1. The molecule has 3 nitrogen and oxygen atoms in total. The van der Waals surface area contributed by atoms with E-state index in [1.807, 2.05) is 12.4 Å². The first-order valence-corrected chi connectivity index (χ1v) is 9.61. The maximum Gasteiger partial charge on any atom is 0.0623 e. The molecular formula is C15H22N2OS2. The number of nitrogens with zero attached hydrogens (tertiary/aromatic N) is 1. The number of thioether (sulfide) groups is 2. The largest absolute Gasteiger partial charge is 0.379 e. The third kappa shape index (κ3) is 4.13. The molecule has 2 aliphatic heterocycles. The van der Waals surface area contributed by atoms with E-state index < -0.39 is 0 Å². The van der Waals surface area contributed by atoms with Crippen LogP contribution in [0.15, 0.2) is 24.5 Å². The van der Waals surface area contributed by atoms with Crippen molar-refractivity contribution in [3.8, 4) is 0 Å². The summed E-state index contributed by atoms with van der Waals surface area (Å²) in [6, 6.07) is 5.38. The van der Waals surface area contributed by atoms with Crippen molar-refractivity contribution in [1.29, 1.82) is 0 Å². The lowest BCUT2D eigenvalue weighted by atomic mass is 9.95. The minimum absolute atomic E-state index is 0.507. The molecule has 2 saturated heterocycles. The summed E-state index contributed by atoms with van der Waals surface area (Å²) in [5.74, 6) is 5.67. The van der Waals surface area contributed by atoms with Gasteiger partial charge in [0, 0.05) is 53.4 Å². The summed E-state index contributed by atoms with van der Waals surface area (Å²) in [6.07, 6.45) is 4.85. The Kier molecular flexibility index (Phi) is 5.65. The molecule has 2 atom stereocenters. The Morgan fingerprint density at radius 3 is 2.65 bits per heavy atom. The van der Waals surface area contributed by atoms with Crippen molar-refractivity contribution in [2.75, 3.05) is 36.2 Å². The quantitative estimate of drug-likeness (QED) is 0.921. The van der Waals surface area contributed by atoms with Gasteiger partial charge in [-0.2, -0.15) is 23.5 Å². The van der Waals surface area contributed by atoms with E-state index in [2.05, 4.69) is 46.0 Å². The van der Waals surface area contributed by atoms with Crippen LogP contribution in [0.4, 0.5) is 0 Å². The van der Waals surface area contributed by atoms with E-state index in [9.17, 15) is 0 Å². The number of ether oxygens (including phenoxy) is 1. The zero-order chi connectivity index (χ0) is 13.6. The predicted octanol–water partition coefficient (Wildman–Crippen LogP) is 2.08. The molecule has 1 aromatic heterocycles. The molecule has 0 aliphatic carbocycles. The minimum atomic E-state index is 0.507. The zero-order valence-corrected chi connectivity index (χ0v) is 13.3. The molecular weight excluding hydrogens is 288 g/mol. The average molecular weight is 310 g/mol. The van der Waals surface area contributed by atoms with Crippen molar-refractivity contribution >= 4 is 23.5 Å². The molecule has 110 valence electrons. The summed E-state index contributed by atoms with van der Waals surface area (Å²) in [4.78, 5) is 4.09. The smallest absolute Gasteiger partial charge is 0.0623 e. The fraction of sp³-hybridized carbons (Fsp3) is 0.667. The molecule has 1 N–H and O–H groups in total. The maximum absolute atomic E-state index is 5.72. The number of rotatable bonds is 4. The standard InChI is InChI=1S/C15H22N2OS2/c1-3-16-4-2-12(1)7-13-8-18-9-15(13)17-14-10-19-5-6-20-11-14/h1-4,13-15,17H,5-11H2/t13-,15+/m1/s1. The first-order valence-electron chi connectivity index (χ1n) is 7.30. The van der Waals surface area contributed by atoms with Crippen LogP contribution < -0.4 is 5.32 Å². The van der Waals surface area contributed by atoms with Crippen molar-refractivity contribution in [2.45, 2.75) is 18.5 Å². The molecule has 2 aliphatic rings. The van der Waals surface area contributed by atoms with Gasteiger partial charge in [-0.15, -0.1) is 0 Å². The van der Waals surface area contributed by atoms with Crippen molar-refractivity contribution in [2.24, 2.45) is 5.92 Å². The van der Waals surface area contributed by atoms with Gasteiger partial charge in [-0.1, -0.05) is 0 Å². The van der Waals surface area contributed by atoms with E-state index >= 15 is 0 Å². The van der Waals surface area contributed by atoms with Crippen molar-refractivity contribution in [1.82, 2.24) is 10.3 Å². The molecule has 20 heavy (non-hydrogen) atoms. The summed E-state index contributed by atoms with van der Waals surface area (Å²) in [5, 5.41) is 3.85. The van der Waals surface area contributed by atoms with Gasteiger partial charge >= 0.3 is 0 Å². The molecule has 3 heterocycles. The fourth-order valence-corrected chi connectivity index (χ4v) is 5.24. The van der Waals surface area contributed by atoms with Crippen LogP contribution in [-0.4, -0.2) is 53.3 Å². The Morgan fingerprint density at radius 1 is 1.15 bits per heavy atom. The maximum atomic E-state index is 5.72. The van der Waals surface area contributed by atoms with Gasteiger partial charge in [0.15, 0.2) is 0 Å². The van der Waals surface area contributed by atoms with Crippen LogP contribution in [0.3, 0.4) is 0 Å².